The van der Waals surface area contributed by atoms with Gasteiger partial charge in [-0.3, -0.25) is 4.40 Å². The molecule has 32 heavy (non-hydrogen) atoms. The smallest absolute Gasteiger partial charge is 0.257 e. The fraction of sp³-hybridized carbons (Fsp3) is 0.261. The first-order valence-corrected chi connectivity index (χ1v) is 10.1. The van der Waals surface area contributed by atoms with Gasteiger partial charge in [-0.1, -0.05) is 6.08 Å². The summed E-state index contributed by atoms with van der Waals surface area (Å²) in [6.45, 7) is 7.10. The summed E-state index contributed by atoms with van der Waals surface area (Å²) in [5, 5.41) is 17.9. The van der Waals surface area contributed by atoms with Crippen molar-refractivity contribution >= 4 is 34.3 Å². The lowest BCUT2D eigenvalue weighted by atomic mass is 9.97. The molecule has 0 spiro atoms. The van der Waals surface area contributed by atoms with E-state index in [9.17, 15) is 18.3 Å². The third kappa shape index (κ3) is 3.80. The molecule has 0 saturated carbocycles. The van der Waals surface area contributed by atoms with Crippen LogP contribution in [0.15, 0.2) is 42.2 Å². The van der Waals surface area contributed by atoms with Gasteiger partial charge in [0.25, 0.3) is 5.78 Å². The van der Waals surface area contributed by atoms with Crippen molar-refractivity contribution in [3.63, 3.8) is 0 Å². The molecule has 6 nitrogen and oxygen atoms in total. The fourth-order valence-electron chi connectivity index (χ4n) is 3.49. The molecule has 9 heteroatoms. The highest BCUT2D eigenvalue weighted by Crippen LogP contribution is 2.35. The maximum Gasteiger partial charge on any atom is 0.257 e. The second-order valence-corrected chi connectivity index (χ2v) is 8.07. The SMILES string of the molecule is CCN(c1cc(F)cc(C=C(C)C(C)(C)O)c1)c1nc2nncn2c2ccc(F)c(F)c12. The third-order valence-corrected chi connectivity index (χ3v) is 5.43. The summed E-state index contributed by atoms with van der Waals surface area (Å²) in [5.74, 6) is -2.30. The molecule has 0 bridgehead atoms. The quantitative estimate of drug-likeness (QED) is 0.471. The molecule has 1 N–H and O–H groups in total. The largest absolute Gasteiger partial charge is 0.386 e. The minimum atomic E-state index is -1.08. The molecule has 166 valence electrons. The van der Waals surface area contributed by atoms with Crippen LogP contribution in [0.5, 0.6) is 0 Å². The van der Waals surface area contributed by atoms with Crippen LogP contribution in [-0.4, -0.2) is 36.8 Å². The van der Waals surface area contributed by atoms with Gasteiger partial charge in [0.05, 0.1) is 16.5 Å². The van der Waals surface area contributed by atoms with Crippen molar-refractivity contribution in [2.45, 2.75) is 33.3 Å². The number of aliphatic hydroxyl groups is 1. The number of fused-ring (bicyclic) bond motifs is 3. The third-order valence-electron chi connectivity index (χ3n) is 5.43. The molecule has 2 aromatic heterocycles. The van der Waals surface area contributed by atoms with Crippen LogP contribution in [0.3, 0.4) is 0 Å². The van der Waals surface area contributed by atoms with E-state index in [1.165, 1.54) is 28.9 Å². The summed E-state index contributed by atoms with van der Waals surface area (Å²) >= 11 is 0. The first kappa shape index (κ1) is 21.8. The van der Waals surface area contributed by atoms with Crippen molar-refractivity contribution in [2.75, 3.05) is 11.4 Å². The van der Waals surface area contributed by atoms with Gasteiger partial charge in [0.1, 0.15) is 18.0 Å². The Morgan fingerprint density at radius 2 is 1.94 bits per heavy atom. The molecular weight excluding hydrogens is 419 g/mol. The van der Waals surface area contributed by atoms with Crippen molar-refractivity contribution in [1.82, 2.24) is 19.6 Å². The fourth-order valence-corrected chi connectivity index (χ4v) is 3.49. The summed E-state index contributed by atoms with van der Waals surface area (Å²) in [4.78, 5) is 5.99. The van der Waals surface area contributed by atoms with Gasteiger partial charge in [-0.25, -0.2) is 13.2 Å². The zero-order chi connectivity index (χ0) is 23.2. The zero-order valence-corrected chi connectivity index (χ0v) is 18.1. The van der Waals surface area contributed by atoms with Crippen LogP contribution < -0.4 is 4.90 Å². The number of rotatable bonds is 5. The average molecular weight is 441 g/mol. The van der Waals surface area contributed by atoms with Gasteiger partial charge in [0.15, 0.2) is 11.6 Å². The average Bonchev–Trinajstić information content (AvgIpc) is 3.18. The van der Waals surface area contributed by atoms with Crippen LogP contribution >= 0.6 is 0 Å². The topological polar surface area (TPSA) is 66.5 Å². The van der Waals surface area contributed by atoms with E-state index in [1.54, 1.807) is 44.7 Å². The first-order chi connectivity index (χ1) is 15.1. The lowest BCUT2D eigenvalue weighted by Crippen LogP contribution is -2.20. The molecule has 0 unspecified atom stereocenters. The molecule has 2 heterocycles. The Labute approximate surface area is 182 Å². The van der Waals surface area contributed by atoms with Crippen LogP contribution in [0.1, 0.15) is 33.3 Å². The monoisotopic (exact) mass is 441 g/mol. The van der Waals surface area contributed by atoms with Crippen LogP contribution in [0.2, 0.25) is 0 Å². The zero-order valence-electron chi connectivity index (χ0n) is 18.1. The van der Waals surface area contributed by atoms with Crippen LogP contribution in [0, 0.1) is 17.5 Å². The predicted molar refractivity (Wildman–Crippen MR) is 117 cm³/mol. The van der Waals surface area contributed by atoms with Gasteiger partial charge >= 0.3 is 0 Å². The number of hydrogen-bond acceptors (Lipinski definition) is 5. The van der Waals surface area contributed by atoms with Crippen molar-refractivity contribution < 1.29 is 18.3 Å². The summed E-state index contributed by atoms with van der Waals surface area (Å²) in [7, 11) is 0. The van der Waals surface area contributed by atoms with E-state index in [-0.39, 0.29) is 17.0 Å². The number of aromatic nitrogens is 4. The highest BCUT2D eigenvalue weighted by atomic mass is 19.2. The number of benzene rings is 2. The minimum absolute atomic E-state index is 0.0619. The van der Waals surface area contributed by atoms with E-state index in [0.29, 0.717) is 28.9 Å². The summed E-state index contributed by atoms with van der Waals surface area (Å²) in [6, 6.07) is 6.77. The van der Waals surface area contributed by atoms with E-state index in [1.807, 2.05) is 0 Å². The summed E-state index contributed by atoms with van der Waals surface area (Å²) < 4.78 is 45.1. The molecule has 0 fully saturated rings. The van der Waals surface area contributed by atoms with Crippen LogP contribution in [-0.2, 0) is 0 Å². The van der Waals surface area contributed by atoms with Crippen molar-refractivity contribution in [2.24, 2.45) is 0 Å². The highest BCUT2D eigenvalue weighted by molar-refractivity contribution is 5.94. The molecule has 4 rings (SSSR count). The van der Waals surface area contributed by atoms with E-state index in [4.69, 9.17) is 0 Å². The van der Waals surface area contributed by atoms with E-state index < -0.39 is 23.1 Å². The number of halogens is 3. The second kappa shape index (κ2) is 7.90. The maximum absolute atomic E-state index is 15.0. The number of hydrogen-bond donors (Lipinski definition) is 1. The van der Waals surface area contributed by atoms with Gasteiger partial charge in [0.2, 0.25) is 0 Å². The molecule has 4 aromatic rings. The standard InChI is InChI=1S/C23H22F3N5O/c1-5-30(16-10-14(9-15(24)11-16)8-13(2)23(3,4)32)21-19-18(7-6-17(25)20(19)26)31-12-27-29-22(31)28-21/h6-12,32H,5H2,1-4H3. The molecule has 0 aliphatic carbocycles. The van der Waals surface area contributed by atoms with Gasteiger partial charge in [0, 0.05) is 12.2 Å². The number of nitrogens with zero attached hydrogens (tertiary/aromatic N) is 5. The summed E-state index contributed by atoms with van der Waals surface area (Å²) in [5.41, 5.74) is 0.801. The van der Waals surface area contributed by atoms with Crippen molar-refractivity contribution in [1.29, 1.82) is 0 Å². The van der Waals surface area contributed by atoms with E-state index >= 15 is 0 Å². The molecule has 0 atom stereocenters. The second-order valence-electron chi connectivity index (χ2n) is 8.07. The molecule has 0 radical (unpaired) electrons. The molecule has 0 saturated heterocycles. The Kier molecular flexibility index (Phi) is 5.37. The van der Waals surface area contributed by atoms with E-state index in [0.717, 1.165) is 6.07 Å². The summed E-state index contributed by atoms with van der Waals surface area (Å²) in [6.07, 6.45) is 3.04. The molecule has 0 aliphatic rings. The van der Waals surface area contributed by atoms with Crippen molar-refractivity contribution in [3.05, 3.63) is 65.2 Å². The van der Waals surface area contributed by atoms with Crippen molar-refractivity contribution in [3.8, 4) is 0 Å². The Morgan fingerprint density at radius 1 is 1.19 bits per heavy atom. The molecule has 0 amide bonds. The predicted octanol–water partition coefficient (Wildman–Crippen LogP) is 5.03. The molecule has 0 aliphatic heterocycles. The Morgan fingerprint density at radius 3 is 2.62 bits per heavy atom. The van der Waals surface area contributed by atoms with Gasteiger partial charge in [-0.15, -0.1) is 10.2 Å². The lowest BCUT2D eigenvalue weighted by molar-refractivity contribution is 0.121. The first-order valence-electron chi connectivity index (χ1n) is 10.1. The van der Waals surface area contributed by atoms with Gasteiger partial charge in [-0.05, 0) is 69.2 Å². The van der Waals surface area contributed by atoms with Crippen LogP contribution in [0.25, 0.3) is 22.8 Å². The maximum atomic E-state index is 15.0. The Hall–Kier alpha value is -3.46. The Bertz CT molecular complexity index is 1360. The lowest BCUT2D eigenvalue weighted by Gasteiger charge is -2.25. The van der Waals surface area contributed by atoms with E-state index in [2.05, 4.69) is 15.2 Å². The van der Waals surface area contributed by atoms with Gasteiger partial charge in [-0.2, -0.15) is 4.98 Å². The number of anilines is 2. The Balaban J connectivity index is 1.96. The normalized spacial score (nSPS) is 12.7. The highest BCUT2D eigenvalue weighted by Gasteiger charge is 2.22. The molecule has 2 aromatic carbocycles. The minimum Gasteiger partial charge on any atom is -0.386 e. The van der Waals surface area contributed by atoms with Gasteiger partial charge < -0.3 is 10.0 Å². The molecular formula is C23H22F3N5O. The van der Waals surface area contributed by atoms with Crippen LogP contribution in [0.4, 0.5) is 24.7 Å².